The number of anilines is 1. The minimum atomic E-state index is -0.445. The van der Waals surface area contributed by atoms with Crippen molar-refractivity contribution in [1.82, 2.24) is 29.2 Å². The highest BCUT2D eigenvalue weighted by Gasteiger charge is 2.48. The van der Waals surface area contributed by atoms with Crippen LogP contribution in [-0.4, -0.2) is 81.3 Å². The molecule has 2 N–H and O–H groups in total. The van der Waals surface area contributed by atoms with Crippen LogP contribution >= 0.6 is 11.3 Å². The number of fused-ring (bicyclic) bond motifs is 5. The van der Waals surface area contributed by atoms with E-state index in [0.29, 0.717) is 52.4 Å². The van der Waals surface area contributed by atoms with Crippen LogP contribution in [-0.2, 0) is 34.8 Å². The van der Waals surface area contributed by atoms with Gasteiger partial charge in [0.15, 0.2) is 11.2 Å². The lowest BCUT2D eigenvalue weighted by Crippen LogP contribution is -2.38. The number of nitrogens with two attached hydrogens (primary N) is 1. The Kier molecular flexibility index (Phi) is 7.86. The molecule has 48 heavy (non-hydrogen) atoms. The fourth-order valence-corrected chi connectivity index (χ4v) is 10.0. The van der Waals surface area contributed by atoms with Crippen LogP contribution in [0.5, 0.6) is 5.88 Å². The molecule has 2 saturated heterocycles. The number of thiophene rings is 1. The van der Waals surface area contributed by atoms with E-state index in [4.69, 9.17) is 39.6 Å². The summed E-state index contributed by atoms with van der Waals surface area (Å²) in [5.41, 5.74) is 10.2. The molecule has 4 aliphatic rings. The number of methoxy groups -OCH3 is 1. The smallest absolute Gasteiger partial charge is 0.330 e. The number of nitrogen functional groups attached to an aromatic ring is 1. The van der Waals surface area contributed by atoms with E-state index in [1.54, 1.807) is 23.3 Å². The van der Waals surface area contributed by atoms with E-state index in [2.05, 4.69) is 18.0 Å². The first kappa shape index (κ1) is 31.5. The van der Waals surface area contributed by atoms with Gasteiger partial charge in [-0.05, 0) is 77.3 Å². The van der Waals surface area contributed by atoms with Gasteiger partial charge in [0.05, 0.1) is 30.0 Å². The van der Waals surface area contributed by atoms with Crippen molar-refractivity contribution >= 4 is 27.5 Å². The summed E-state index contributed by atoms with van der Waals surface area (Å²) >= 11 is 1.53. The molecule has 13 nitrogen and oxygen atoms in total. The highest BCUT2D eigenvalue weighted by Crippen LogP contribution is 2.54. The van der Waals surface area contributed by atoms with Crippen LogP contribution in [0.1, 0.15) is 85.2 Å². The first-order valence-electron chi connectivity index (χ1n) is 17.0. The molecular formula is C34H42N8O5S. The summed E-state index contributed by atoms with van der Waals surface area (Å²) in [4.78, 5) is 27.4. The third-order valence-electron chi connectivity index (χ3n) is 11.2. The van der Waals surface area contributed by atoms with Gasteiger partial charge in [0.25, 0.3) is 0 Å². The number of rotatable bonds is 6. The summed E-state index contributed by atoms with van der Waals surface area (Å²) < 4.78 is 27.7. The van der Waals surface area contributed by atoms with Gasteiger partial charge in [-0.2, -0.15) is 10.2 Å². The summed E-state index contributed by atoms with van der Waals surface area (Å²) in [6, 6.07) is 2.33. The number of aromatic nitrogens is 5. The number of nitrogens with zero attached hydrogens (tertiary/aromatic N) is 7. The molecule has 8 rings (SSSR count). The van der Waals surface area contributed by atoms with Crippen LogP contribution in [0.2, 0.25) is 0 Å². The van der Waals surface area contributed by atoms with Crippen molar-refractivity contribution in [3.63, 3.8) is 0 Å². The number of hydrogen-bond donors (Lipinski definition) is 1. The topological polar surface area (TPSA) is 159 Å². The molecule has 2 aliphatic carbocycles. The van der Waals surface area contributed by atoms with Crippen LogP contribution in [0.15, 0.2) is 9.32 Å². The molecule has 4 aromatic heterocycles. The molecule has 0 radical (unpaired) electrons. The summed E-state index contributed by atoms with van der Waals surface area (Å²) in [6.07, 6.45) is 7.63. The average molecular weight is 675 g/mol. The summed E-state index contributed by atoms with van der Waals surface area (Å²) in [5.74, 6) is 1.15. The minimum absolute atomic E-state index is 0.0973. The molecule has 254 valence electrons. The average Bonchev–Trinajstić information content (AvgIpc) is 3.84. The number of hydrogen-bond acceptors (Lipinski definition) is 12. The number of ether oxygens (including phenoxy) is 3. The van der Waals surface area contributed by atoms with E-state index in [-0.39, 0.29) is 30.0 Å². The summed E-state index contributed by atoms with van der Waals surface area (Å²) in [5, 5.41) is 15.4. The van der Waals surface area contributed by atoms with Gasteiger partial charge in [-0.3, -0.25) is 14.0 Å². The van der Waals surface area contributed by atoms with Gasteiger partial charge in [0.2, 0.25) is 17.5 Å². The van der Waals surface area contributed by atoms with Crippen molar-refractivity contribution in [1.29, 1.82) is 5.26 Å². The largest absolute Gasteiger partial charge is 0.471 e. The Hall–Kier alpha value is -3.77. The van der Waals surface area contributed by atoms with Crippen molar-refractivity contribution in [3.05, 3.63) is 37.7 Å². The maximum atomic E-state index is 13.9. The molecular weight excluding hydrogens is 632 g/mol. The molecule has 0 aromatic carbocycles. The monoisotopic (exact) mass is 674 g/mol. The fourth-order valence-electron chi connectivity index (χ4n) is 8.86. The quantitative estimate of drug-likeness (QED) is 0.314. The summed E-state index contributed by atoms with van der Waals surface area (Å²) in [7, 11) is 5.56. The van der Waals surface area contributed by atoms with E-state index in [9.17, 15) is 10.1 Å². The van der Waals surface area contributed by atoms with Crippen molar-refractivity contribution in [2.24, 2.45) is 7.05 Å². The highest BCUT2D eigenvalue weighted by molar-refractivity contribution is 7.16. The number of likely N-dealkylation sites (tertiary alicyclic amines) is 1. The third-order valence-corrected chi connectivity index (χ3v) is 12.3. The molecule has 14 heteroatoms. The van der Waals surface area contributed by atoms with Crippen LogP contribution in [0.3, 0.4) is 0 Å². The van der Waals surface area contributed by atoms with E-state index in [0.717, 1.165) is 81.2 Å². The number of nitriles is 1. The normalized spacial score (nSPS) is 26.4. The first-order valence-corrected chi connectivity index (χ1v) is 17.8. The van der Waals surface area contributed by atoms with Gasteiger partial charge < -0.3 is 24.5 Å². The zero-order chi connectivity index (χ0) is 33.3. The molecule has 5 atom stereocenters. The maximum absolute atomic E-state index is 13.9. The third kappa shape index (κ3) is 4.73. The molecule has 0 saturated carbocycles. The number of aryl methyl sites for hydroxylation is 2. The minimum Gasteiger partial charge on any atom is -0.471 e. The van der Waals surface area contributed by atoms with E-state index < -0.39 is 5.41 Å². The van der Waals surface area contributed by atoms with Gasteiger partial charge in [0.1, 0.15) is 17.2 Å². The fraction of sp³-hybridized carbons (Fsp3) is 0.618. The highest BCUT2D eigenvalue weighted by atomic mass is 32.1. The zero-order valence-corrected chi connectivity index (χ0v) is 28.8. The van der Waals surface area contributed by atoms with Gasteiger partial charge >= 0.3 is 5.69 Å². The molecule has 1 spiro atoms. The number of likely N-dealkylation sites (N-methyl/N-ethyl adjacent to an activating group) is 1. The molecule has 2 fully saturated rings. The Bertz CT molecular complexity index is 1980. The van der Waals surface area contributed by atoms with Gasteiger partial charge in [-0.25, -0.2) is 9.78 Å². The zero-order valence-electron chi connectivity index (χ0n) is 28.0. The van der Waals surface area contributed by atoms with Crippen LogP contribution < -0.4 is 16.2 Å². The van der Waals surface area contributed by atoms with Crippen LogP contribution in [0, 0.1) is 11.3 Å². The van der Waals surface area contributed by atoms with Crippen LogP contribution in [0.25, 0.3) is 22.7 Å². The van der Waals surface area contributed by atoms with Gasteiger partial charge in [0, 0.05) is 49.2 Å². The van der Waals surface area contributed by atoms with E-state index in [1.165, 1.54) is 16.2 Å². The predicted octanol–water partition coefficient (Wildman–Crippen LogP) is 4.10. The van der Waals surface area contributed by atoms with Crippen LogP contribution in [0.4, 0.5) is 5.00 Å². The number of imidazole rings is 1. The second-order valence-corrected chi connectivity index (χ2v) is 15.0. The Morgan fingerprint density at radius 3 is 2.73 bits per heavy atom. The lowest BCUT2D eigenvalue weighted by atomic mass is 9.62. The molecule has 0 amide bonds. The van der Waals surface area contributed by atoms with E-state index in [1.807, 2.05) is 6.92 Å². The van der Waals surface area contributed by atoms with Gasteiger partial charge in [-0.1, -0.05) is 5.16 Å². The predicted molar refractivity (Wildman–Crippen MR) is 179 cm³/mol. The second-order valence-electron chi connectivity index (χ2n) is 13.9. The second kappa shape index (κ2) is 12.0. The van der Waals surface area contributed by atoms with Crippen molar-refractivity contribution in [2.45, 2.75) is 94.4 Å². The lowest BCUT2D eigenvalue weighted by molar-refractivity contribution is 0.0590. The molecule has 0 bridgehead atoms. The first-order chi connectivity index (χ1) is 23.3. The molecule has 0 unspecified atom stereocenters. The Balaban J connectivity index is 1.28. The van der Waals surface area contributed by atoms with Crippen molar-refractivity contribution in [3.8, 4) is 23.5 Å². The van der Waals surface area contributed by atoms with Gasteiger partial charge in [-0.15, -0.1) is 11.3 Å². The van der Waals surface area contributed by atoms with Crippen molar-refractivity contribution < 1.29 is 18.7 Å². The van der Waals surface area contributed by atoms with E-state index >= 15 is 0 Å². The standard InChI is InChI=1S/C34H42N8O5S/c1-18(23-14-20(44-4)16-40(23)2)46-32-26-31(42(33(43)41(26)3)19-8-7-13-45-17-19)37-30(38-32)27-21-9-5-11-34(28(21)39-47-27)12-6-10-24-25(34)22(15-35)29(36)48-24/h18-20,23H,5-14,16-17,36H2,1-4H3/t18-,19+,20+,23-,34-/m0/s1. The SMILES string of the molecule is CO[C@@H]1C[C@@H]([C@H](C)Oc2nc(-c3onc4c3CCC[C@@]43CCCc4sc(N)c(C#N)c43)nc3c2n(C)c(=O)n3[C@@H]2CCCOC2)N(C)C1. The lowest BCUT2D eigenvalue weighted by Gasteiger charge is -2.39. The summed E-state index contributed by atoms with van der Waals surface area (Å²) in [6.45, 7) is 3.96. The Morgan fingerprint density at radius 2 is 2.00 bits per heavy atom. The molecule has 4 aromatic rings. The van der Waals surface area contributed by atoms with Crippen molar-refractivity contribution in [2.75, 3.05) is 39.6 Å². The Morgan fingerprint density at radius 1 is 1.19 bits per heavy atom. The maximum Gasteiger partial charge on any atom is 0.330 e. The molecule has 6 heterocycles. The molecule has 2 aliphatic heterocycles. The Labute approximate surface area is 282 Å².